The Kier molecular flexibility index (Phi) is 7.00. The molecule has 5 rings (SSSR count). The number of pyridine rings is 1. The smallest absolute Gasteiger partial charge is 0.295 e. The van der Waals surface area contributed by atoms with Gasteiger partial charge >= 0.3 is 0 Å². The van der Waals surface area contributed by atoms with Gasteiger partial charge in [0.25, 0.3) is 11.7 Å². The number of aliphatic hydroxyl groups is 1. The molecule has 190 valence electrons. The molecule has 7 heteroatoms. The molecule has 1 saturated heterocycles. The van der Waals surface area contributed by atoms with E-state index in [2.05, 4.69) is 4.98 Å². The van der Waals surface area contributed by atoms with Gasteiger partial charge in [0.2, 0.25) is 0 Å². The number of ether oxygens (including phenoxy) is 1. The van der Waals surface area contributed by atoms with E-state index in [1.54, 1.807) is 54.9 Å². The molecule has 0 spiro atoms. The van der Waals surface area contributed by atoms with Crippen LogP contribution in [0, 0.1) is 12.7 Å². The summed E-state index contributed by atoms with van der Waals surface area (Å²) in [4.78, 5) is 31.7. The summed E-state index contributed by atoms with van der Waals surface area (Å²) in [5.41, 5.74) is 3.11. The molecule has 0 bridgehead atoms. The van der Waals surface area contributed by atoms with Crippen molar-refractivity contribution in [2.75, 3.05) is 0 Å². The lowest BCUT2D eigenvalue weighted by Gasteiger charge is -2.25. The fourth-order valence-electron chi connectivity index (χ4n) is 4.55. The van der Waals surface area contributed by atoms with Gasteiger partial charge in [0, 0.05) is 30.1 Å². The molecule has 4 aromatic rings. The van der Waals surface area contributed by atoms with Crippen LogP contribution in [0.2, 0.25) is 0 Å². The van der Waals surface area contributed by atoms with Gasteiger partial charge in [-0.05, 0) is 60.0 Å². The molecule has 0 aliphatic carbocycles. The monoisotopic (exact) mass is 508 g/mol. The summed E-state index contributed by atoms with van der Waals surface area (Å²) in [6, 6.07) is 22.8. The Balaban J connectivity index is 1.49. The third kappa shape index (κ3) is 4.91. The van der Waals surface area contributed by atoms with Gasteiger partial charge in [-0.15, -0.1) is 0 Å². The number of hydrogen-bond acceptors (Lipinski definition) is 5. The molecule has 2 heterocycles. The maximum atomic E-state index is 15.0. The number of amides is 1. The van der Waals surface area contributed by atoms with E-state index >= 15 is 0 Å². The number of aryl methyl sites for hydroxylation is 1. The van der Waals surface area contributed by atoms with Crippen molar-refractivity contribution in [3.8, 4) is 5.75 Å². The summed E-state index contributed by atoms with van der Waals surface area (Å²) in [7, 11) is 0. The second-order valence-electron chi connectivity index (χ2n) is 9.05. The quantitative estimate of drug-likeness (QED) is 0.196. The number of ketones is 1. The van der Waals surface area contributed by atoms with E-state index in [4.69, 9.17) is 4.74 Å². The Labute approximate surface area is 219 Å². The van der Waals surface area contributed by atoms with Crippen LogP contribution < -0.4 is 4.74 Å². The average molecular weight is 509 g/mol. The molecular weight excluding hydrogens is 483 g/mol. The minimum absolute atomic E-state index is 0.0277. The second kappa shape index (κ2) is 10.7. The lowest BCUT2D eigenvalue weighted by molar-refractivity contribution is -0.140. The molecule has 1 N–H and O–H groups in total. The van der Waals surface area contributed by atoms with E-state index in [9.17, 15) is 19.1 Å². The van der Waals surface area contributed by atoms with Gasteiger partial charge in [-0.3, -0.25) is 14.6 Å². The van der Waals surface area contributed by atoms with Crippen LogP contribution in [0.15, 0.2) is 103 Å². The Morgan fingerprint density at radius 1 is 0.974 bits per heavy atom. The number of nitrogens with zero attached hydrogens (tertiary/aromatic N) is 2. The van der Waals surface area contributed by atoms with Crippen molar-refractivity contribution < 1.29 is 23.8 Å². The van der Waals surface area contributed by atoms with E-state index in [0.717, 1.165) is 11.1 Å². The Morgan fingerprint density at radius 3 is 2.42 bits per heavy atom. The summed E-state index contributed by atoms with van der Waals surface area (Å²) >= 11 is 0. The normalized spacial score (nSPS) is 16.6. The highest BCUT2D eigenvalue weighted by Crippen LogP contribution is 2.41. The fourth-order valence-corrected chi connectivity index (χ4v) is 4.55. The zero-order chi connectivity index (χ0) is 26.6. The summed E-state index contributed by atoms with van der Waals surface area (Å²) < 4.78 is 20.8. The molecule has 38 heavy (non-hydrogen) atoms. The molecule has 1 aliphatic rings. The van der Waals surface area contributed by atoms with Crippen molar-refractivity contribution >= 4 is 17.4 Å². The number of benzene rings is 3. The number of Topliss-reactive ketones (excluding diaryl/α,β-unsaturated/α-hetero) is 1. The molecule has 0 saturated carbocycles. The van der Waals surface area contributed by atoms with Crippen LogP contribution in [-0.4, -0.2) is 26.7 Å². The van der Waals surface area contributed by atoms with Crippen LogP contribution in [0.25, 0.3) is 5.76 Å². The molecular formula is C31H25FN2O4. The molecule has 1 aromatic heterocycles. The molecule has 1 fully saturated rings. The van der Waals surface area contributed by atoms with E-state index in [1.807, 2.05) is 31.2 Å². The van der Waals surface area contributed by atoms with Crippen molar-refractivity contribution in [1.82, 2.24) is 9.88 Å². The predicted molar refractivity (Wildman–Crippen MR) is 140 cm³/mol. The Hall–Kier alpha value is -4.78. The number of hydrogen-bond donors (Lipinski definition) is 1. The van der Waals surface area contributed by atoms with Crippen LogP contribution in [0.1, 0.15) is 33.9 Å². The number of carbonyl (C=O) groups is 2. The highest BCUT2D eigenvalue weighted by molar-refractivity contribution is 6.46. The SMILES string of the molecule is Cc1ccccc1COc1ccc(/C(O)=C2\C(=O)C(=O)N(Cc3cccnc3)C2c2ccccc2F)cc1. The number of likely N-dealkylation sites (tertiary alicyclic amines) is 1. The topological polar surface area (TPSA) is 79.7 Å². The van der Waals surface area contributed by atoms with Gasteiger partial charge in [0.15, 0.2) is 0 Å². The maximum Gasteiger partial charge on any atom is 0.295 e. The molecule has 0 radical (unpaired) electrons. The van der Waals surface area contributed by atoms with E-state index in [1.165, 1.54) is 23.1 Å². The summed E-state index contributed by atoms with van der Waals surface area (Å²) in [5.74, 6) is -2.08. The fraction of sp³-hybridized carbons (Fsp3) is 0.129. The van der Waals surface area contributed by atoms with Crippen LogP contribution in [-0.2, 0) is 22.7 Å². The number of aliphatic hydroxyl groups excluding tert-OH is 1. The van der Waals surface area contributed by atoms with Gasteiger partial charge in [-0.1, -0.05) is 48.5 Å². The Bertz CT molecular complexity index is 1520. The summed E-state index contributed by atoms with van der Waals surface area (Å²) in [6.07, 6.45) is 3.17. The van der Waals surface area contributed by atoms with E-state index in [0.29, 0.717) is 23.5 Å². The second-order valence-corrected chi connectivity index (χ2v) is 9.05. The van der Waals surface area contributed by atoms with Gasteiger partial charge in [0.05, 0.1) is 11.6 Å². The third-order valence-corrected chi connectivity index (χ3v) is 6.60. The molecule has 1 atom stereocenters. The zero-order valence-electron chi connectivity index (χ0n) is 20.7. The minimum atomic E-state index is -1.10. The predicted octanol–water partition coefficient (Wildman–Crippen LogP) is 5.73. The van der Waals surface area contributed by atoms with Crippen LogP contribution in [0.3, 0.4) is 0 Å². The molecule has 6 nitrogen and oxygen atoms in total. The first-order chi connectivity index (χ1) is 18.4. The number of aromatic nitrogens is 1. The van der Waals surface area contributed by atoms with Crippen molar-refractivity contribution in [2.24, 2.45) is 0 Å². The number of carbonyl (C=O) groups excluding carboxylic acids is 2. The van der Waals surface area contributed by atoms with Crippen LogP contribution in [0.4, 0.5) is 4.39 Å². The minimum Gasteiger partial charge on any atom is -0.507 e. The summed E-state index contributed by atoms with van der Waals surface area (Å²) in [6.45, 7) is 2.42. The third-order valence-electron chi connectivity index (χ3n) is 6.60. The number of halogens is 1. The number of rotatable bonds is 7. The van der Waals surface area contributed by atoms with Gasteiger partial charge in [0.1, 0.15) is 23.9 Å². The summed E-state index contributed by atoms with van der Waals surface area (Å²) in [5, 5.41) is 11.3. The maximum absolute atomic E-state index is 15.0. The van der Waals surface area contributed by atoms with E-state index in [-0.39, 0.29) is 23.4 Å². The molecule has 3 aromatic carbocycles. The highest BCUT2D eigenvalue weighted by Gasteiger charge is 2.46. The first kappa shape index (κ1) is 24.9. The van der Waals surface area contributed by atoms with Crippen LogP contribution >= 0.6 is 0 Å². The molecule has 1 aliphatic heterocycles. The lowest BCUT2D eigenvalue weighted by atomic mass is 9.94. The largest absolute Gasteiger partial charge is 0.507 e. The van der Waals surface area contributed by atoms with Gasteiger partial charge in [-0.2, -0.15) is 0 Å². The average Bonchev–Trinajstić information content (AvgIpc) is 3.18. The zero-order valence-corrected chi connectivity index (χ0v) is 20.7. The van der Waals surface area contributed by atoms with Gasteiger partial charge in [-0.25, -0.2) is 4.39 Å². The van der Waals surface area contributed by atoms with Crippen molar-refractivity contribution in [2.45, 2.75) is 26.1 Å². The lowest BCUT2D eigenvalue weighted by Crippen LogP contribution is -2.29. The standard InChI is InChI=1S/C31H25FN2O4/c1-20-7-2-3-9-23(20)19-38-24-14-12-22(13-15-24)29(35)27-28(25-10-4-5-11-26(25)32)34(31(37)30(27)36)18-21-8-6-16-33-17-21/h2-17,28,35H,18-19H2,1H3/b29-27+. The highest BCUT2D eigenvalue weighted by atomic mass is 19.1. The Morgan fingerprint density at radius 2 is 1.71 bits per heavy atom. The van der Waals surface area contributed by atoms with Crippen LogP contribution in [0.5, 0.6) is 5.75 Å². The molecule has 1 amide bonds. The van der Waals surface area contributed by atoms with Crippen molar-refractivity contribution in [1.29, 1.82) is 0 Å². The first-order valence-electron chi connectivity index (χ1n) is 12.1. The molecule has 1 unspecified atom stereocenters. The first-order valence-corrected chi connectivity index (χ1v) is 12.1. The van der Waals surface area contributed by atoms with E-state index < -0.39 is 23.5 Å². The van der Waals surface area contributed by atoms with Gasteiger partial charge < -0.3 is 14.7 Å². The van der Waals surface area contributed by atoms with Crippen molar-refractivity contribution in [3.63, 3.8) is 0 Å². The van der Waals surface area contributed by atoms with Crippen molar-refractivity contribution in [3.05, 3.63) is 137 Å².